The molecule has 2 aliphatic rings. The van der Waals surface area contributed by atoms with Crippen LogP contribution in [0.2, 0.25) is 0 Å². The van der Waals surface area contributed by atoms with Crippen molar-refractivity contribution in [2.24, 2.45) is 0 Å². The zero-order valence-electron chi connectivity index (χ0n) is 43.5. The molecule has 0 atom stereocenters. The number of fused-ring (bicyclic) bond motifs is 13. The molecule has 0 fully saturated rings. The second-order valence-corrected chi connectivity index (χ2v) is 21.1. The molecule has 0 radical (unpaired) electrons. The Kier molecular flexibility index (Phi) is 10.4. The molecule has 372 valence electrons. The maximum Gasteiger partial charge on any atom is 0.238 e. The van der Waals surface area contributed by atoms with Gasteiger partial charge in [0.15, 0.2) is 11.6 Å². The lowest BCUT2D eigenvalue weighted by atomic mass is 9.70. The van der Waals surface area contributed by atoms with Gasteiger partial charge in [-0.15, -0.1) is 0 Å². The normalized spacial score (nSPS) is 12.6. The van der Waals surface area contributed by atoms with E-state index in [0.29, 0.717) is 17.6 Å². The summed E-state index contributed by atoms with van der Waals surface area (Å²) in [6.45, 7) is 0. The molecule has 1 spiro atoms. The first-order valence-electron chi connectivity index (χ1n) is 27.4. The third kappa shape index (κ3) is 7.20. The van der Waals surface area contributed by atoms with E-state index in [4.69, 9.17) is 15.0 Å². The van der Waals surface area contributed by atoms with Crippen LogP contribution in [-0.2, 0) is 5.41 Å². The minimum atomic E-state index is -0.554. The molecule has 0 N–H and O–H groups in total. The van der Waals surface area contributed by atoms with Crippen molar-refractivity contribution in [1.29, 1.82) is 0 Å². The highest BCUT2D eigenvalue weighted by Gasteiger charge is 2.51. The van der Waals surface area contributed by atoms with E-state index in [0.717, 1.165) is 66.3 Å². The zero-order valence-corrected chi connectivity index (χ0v) is 43.5. The van der Waals surface area contributed by atoms with Crippen molar-refractivity contribution in [1.82, 2.24) is 19.5 Å². The quantitative estimate of drug-likeness (QED) is 0.152. The van der Waals surface area contributed by atoms with Gasteiger partial charge in [0.25, 0.3) is 0 Å². The van der Waals surface area contributed by atoms with E-state index in [2.05, 4.69) is 296 Å². The lowest BCUT2D eigenvalue weighted by molar-refractivity contribution is 0.794. The van der Waals surface area contributed by atoms with E-state index in [1.54, 1.807) is 0 Å². The summed E-state index contributed by atoms with van der Waals surface area (Å²) in [5.74, 6) is 1.74. The van der Waals surface area contributed by atoms with Crippen molar-refractivity contribution in [2.75, 3.05) is 0 Å². The average Bonchev–Trinajstić information content (AvgIpc) is 4.15. The molecule has 16 rings (SSSR count). The maximum absolute atomic E-state index is 5.55. The predicted octanol–water partition coefficient (Wildman–Crippen LogP) is 19.0. The van der Waals surface area contributed by atoms with E-state index in [1.807, 2.05) is 0 Å². The number of nitrogens with zero attached hydrogens (tertiary/aromatic N) is 4. The fraction of sp³-hybridized carbons (Fsp3) is 0.0132. The van der Waals surface area contributed by atoms with E-state index in [1.165, 1.54) is 66.8 Å². The summed E-state index contributed by atoms with van der Waals surface area (Å²) in [7, 11) is 0. The average molecular weight is 1020 g/mol. The summed E-state index contributed by atoms with van der Waals surface area (Å²) in [5, 5.41) is 2.23. The summed E-state index contributed by atoms with van der Waals surface area (Å²) in [4.78, 5) is 16.4. The summed E-state index contributed by atoms with van der Waals surface area (Å²) < 4.78 is 2.30. The summed E-state index contributed by atoms with van der Waals surface area (Å²) in [6, 6.07) is 106. The first kappa shape index (κ1) is 45.6. The minimum Gasteiger partial charge on any atom is -0.278 e. The van der Waals surface area contributed by atoms with Gasteiger partial charge in [0.05, 0.1) is 16.4 Å². The van der Waals surface area contributed by atoms with Crippen LogP contribution >= 0.6 is 0 Å². The molecule has 2 aliphatic carbocycles. The molecule has 0 saturated heterocycles. The van der Waals surface area contributed by atoms with E-state index < -0.39 is 5.41 Å². The SMILES string of the molecule is c1ccc(-c2ccc(-c3nc(-c4ccc(-c5ccccc5)cc4)nc(-n4c5ccc(-c6cc(-c7ccccc7)cc(-c7ccccc7)c6)cc5c5cc6c(cc54)C4(c5ccccc5-c5ccccc54)c4ccccc4-6)n3)cc2)cc1. The molecule has 2 heterocycles. The van der Waals surface area contributed by atoms with Gasteiger partial charge in [-0.25, -0.2) is 4.98 Å². The predicted molar refractivity (Wildman–Crippen MR) is 329 cm³/mol. The van der Waals surface area contributed by atoms with Crippen LogP contribution in [0.25, 0.3) is 128 Å². The van der Waals surface area contributed by atoms with Crippen molar-refractivity contribution >= 4 is 21.8 Å². The highest BCUT2D eigenvalue weighted by molar-refractivity contribution is 6.13. The van der Waals surface area contributed by atoms with Crippen molar-refractivity contribution < 1.29 is 0 Å². The van der Waals surface area contributed by atoms with Crippen molar-refractivity contribution in [2.45, 2.75) is 5.41 Å². The summed E-state index contributed by atoms with van der Waals surface area (Å²) >= 11 is 0. The standard InChI is InChI=1S/C76H48N4/c1-5-19-49(20-6-1)53-33-37-55(38-34-53)73-77-74(56-39-35-54(36-40-56)50-21-7-2-8-22-50)79-75(78-73)80-71-42-41-57(60-44-58(51-23-9-3-10-24-51)43-59(45-60)52-25-11-4-12-26-52)46-65(71)66-47-64-63-29-15-18-32-69(63)76(70(64)48-72(66)80)67-30-16-13-27-61(67)62-28-14-17-31-68(62)76/h1-48H. The van der Waals surface area contributed by atoms with E-state index in [-0.39, 0.29) is 0 Å². The van der Waals surface area contributed by atoms with Gasteiger partial charge in [0.1, 0.15) is 0 Å². The third-order valence-electron chi connectivity index (χ3n) is 16.7. The maximum atomic E-state index is 5.55. The van der Waals surface area contributed by atoms with Gasteiger partial charge in [0.2, 0.25) is 5.95 Å². The molecule has 14 aromatic rings. The van der Waals surface area contributed by atoms with Gasteiger partial charge in [-0.1, -0.05) is 249 Å². The van der Waals surface area contributed by atoms with Gasteiger partial charge in [-0.3, -0.25) is 4.57 Å². The fourth-order valence-electron chi connectivity index (χ4n) is 13.0. The number of aromatic nitrogens is 4. The smallest absolute Gasteiger partial charge is 0.238 e. The van der Waals surface area contributed by atoms with Crippen LogP contribution in [0.1, 0.15) is 22.3 Å². The third-order valence-corrected chi connectivity index (χ3v) is 16.7. The molecule has 4 heteroatoms. The number of rotatable bonds is 8. The Balaban J connectivity index is 0.973. The molecule has 0 saturated carbocycles. The Morgan fingerprint density at radius 2 is 0.575 bits per heavy atom. The van der Waals surface area contributed by atoms with Gasteiger partial charge in [-0.05, 0) is 143 Å². The molecule has 0 aliphatic heterocycles. The highest BCUT2D eigenvalue weighted by atomic mass is 15.2. The topological polar surface area (TPSA) is 43.6 Å². The Morgan fingerprint density at radius 1 is 0.225 bits per heavy atom. The molecule has 0 bridgehead atoms. The monoisotopic (exact) mass is 1020 g/mol. The Morgan fingerprint density at radius 3 is 1.04 bits per heavy atom. The minimum absolute atomic E-state index is 0.547. The largest absolute Gasteiger partial charge is 0.278 e. The van der Waals surface area contributed by atoms with Gasteiger partial charge in [0, 0.05) is 21.9 Å². The summed E-state index contributed by atoms with van der Waals surface area (Å²) in [5.41, 5.74) is 25.0. The van der Waals surface area contributed by atoms with Crippen LogP contribution in [-0.4, -0.2) is 19.5 Å². The second-order valence-electron chi connectivity index (χ2n) is 21.1. The number of hydrogen-bond donors (Lipinski definition) is 0. The second kappa shape index (κ2) is 18.3. The van der Waals surface area contributed by atoms with Crippen LogP contribution < -0.4 is 0 Å². The van der Waals surface area contributed by atoms with Crippen LogP contribution in [0.15, 0.2) is 291 Å². The molecule has 80 heavy (non-hydrogen) atoms. The number of hydrogen-bond acceptors (Lipinski definition) is 3. The first-order valence-corrected chi connectivity index (χ1v) is 27.4. The molecule has 2 aromatic heterocycles. The lowest BCUT2D eigenvalue weighted by Gasteiger charge is -2.30. The van der Waals surface area contributed by atoms with Crippen molar-refractivity contribution in [3.8, 4) is 107 Å². The molecule has 0 amide bonds. The van der Waals surface area contributed by atoms with Crippen molar-refractivity contribution in [3.05, 3.63) is 313 Å². The fourth-order valence-corrected chi connectivity index (χ4v) is 13.0. The van der Waals surface area contributed by atoms with Gasteiger partial charge in [-0.2, -0.15) is 9.97 Å². The lowest BCUT2D eigenvalue weighted by Crippen LogP contribution is -2.25. The Hall–Kier alpha value is -10.6. The highest BCUT2D eigenvalue weighted by Crippen LogP contribution is 2.63. The van der Waals surface area contributed by atoms with Crippen LogP contribution in [0.4, 0.5) is 0 Å². The van der Waals surface area contributed by atoms with Crippen LogP contribution in [0.3, 0.4) is 0 Å². The Labute approximate surface area is 464 Å². The zero-order chi connectivity index (χ0) is 52.7. The van der Waals surface area contributed by atoms with E-state index >= 15 is 0 Å². The van der Waals surface area contributed by atoms with Crippen LogP contribution in [0, 0.1) is 0 Å². The van der Waals surface area contributed by atoms with E-state index in [9.17, 15) is 0 Å². The molecular formula is C76H48N4. The Bertz CT molecular complexity index is 4510. The molecule has 4 nitrogen and oxygen atoms in total. The number of benzene rings is 12. The summed E-state index contributed by atoms with van der Waals surface area (Å²) in [6.07, 6.45) is 0. The van der Waals surface area contributed by atoms with Crippen molar-refractivity contribution in [3.63, 3.8) is 0 Å². The first-order chi connectivity index (χ1) is 39.6. The molecular weight excluding hydrogens is 969 g/mol. The molecule has 12 aromatic carbocycles. The van der Waals surface area contributed by atoms with Gasteiger partial charge >= 0.3 is 0 Å². The molecule has 0 unspecified atom stereocenters. The van der Waals surface area contributed by atoms with Gasteiger partial charge < -0.3 is 0 Å². The van der Waals surface area contributed by atoms with Crippen LogP contribution in [0.5, 0.6) is 0 Å².